The SMILES string of the molecule is O=C(Cc1cc(F)ccc1Cl)C(F)(F)C(F)(F)F. The standard InChI is InChI=1S/C10H5ClF6O/c11-7-2-1-6(12)3-5(7)4-8(18)9(13,14)10(15,16)17/h1-3H,4H2. The third-order valence-corrected chi connectivity index (χ3v) is 2.43. The zero-order valence-corrected chi connectivity index (χ0v) is 9.25. The van der Waals surface area contributed by atoms with Gasteiger partial charge in [-0.2, -0.15) is 22.0 Å². The van der Waals surface area contributed by atoms with Gasteiger partial charge in [-0.15, -0.1) is 0 Å². The van der Waals surface area contributed by atoms with E-state index in [1.165, 1.54) is 0 Å². The molecule has 0 saturated heterocycles. The van der Waals surface area contributed by atoms with Crippen molar-refractivity contribution in [3.8, 4) is 0 Å². The number of benzene rings is 1. The molecule has 0 atom stereocenters. The molecule has 0 fully saturated rings. The second-order valence-corrected chi connectivity index (χ2v) is 3.82. The Morgan fingerprint density at radius 3 is 2.22 bits per heavy atom. The van der Waals surface area contributed by atoms with Gasteiger partial charge in [0, 0.05) is 11.4 Å². The van der Waals surface area contributed by atoms with Crippen molar-refractivity contribution < 1.29 is 31.1 Å². The quantitative estimate of drug-likeness (QED) is 0.774. The lowest BCUT2D eigenvalue weighted by molar-refractivity contribution is -0.268. The molecule has 0 unspecified atom stereocenters. The van der Waals surface area contributed by atoms with E-state index in [0.717, 1.165) is 12.1 Å². The van der Waals surface area contributed by atoms with Crippen LogP contribution in [0.5, 0.6) is 0 Å². The summed E-state index contributed by atoms with van der Waals surface area (Å²) in [6.07, 6.45) is -7.28. The van der Waals surface area contributed by atoms with Crippen LogP contribution in [0.3, 0.4) is 0 Å². The molecule has 18 heavy (non-hydrogen) atoms. The Labute approximate surface area is 102 Å². The molecule has 0 saturated carbocycles. The van der Waals surface area contributed by atoms with E-state index in [9.17, 15) is 31.1 Å². The summed E-state index contributed by atoms with van der Waals surface area (Å²) in [6.45, 7) is 0. The Balaban J connectivity index is 2.98. The summed E-state index contributed by atoms with van der Waals surface area (Å²) >= 11 is 5.46. The number of hydrogen-bond acceptors (Lipinski definition) is 1. The summed E-state index contributed by atoms with van der Waals surface area (Å²) in [6, 6.07) is 2.48. The molecule has 0 aliphatic carbocycles. The van der Waals surface area contributed by atoms with Crippen LogP contribution in [0.15, 0.2) is 18.2 Å². The molecular formula is C10H5ClF6O. The lowest BCUT2D eigenvalue weighted by atomic mass is 10.0. The van der Waals surface area contributed by atoms with Gasteiger partial charge in [0.05, 0.1) is 0 Å². The molecule has 0 aromatic heterocycles. The van der Waals surface area contributed by atoms with Gasteiger partial charge in [-0.1, -0.05) is 11.6 Å². The smallest absolute Gasteiger partial charge is 0.292 e. The van der Waals surface area contributed by atoms with E-state index in [1.54, 1.807) is 0 Å². The fourth-order valence-electron chi connectivity index (χ4n) is 1.12. The van der Waals surface area contributed by atoms with Crippen molar-refractivity contribution in [2.45, 2.75) is 18.5 Å². The average molecular weight is 291 g/mol. The minimum Gasteiger partial charge on any atom is -0.292 e. The molecule has 0 radical (unpaired) electrons. The van der Waals surface area contributed by atoms with E-state index in [1.807, 2.05) is 0 Å². The summed E-state index contributed by atoms with van der Waals surface area (Å²) < 4.78 is 73.7. The molecule has 1 aromatic rings. The van der Waals surface area contributed by atoms with Crippen LogP contribution in [0.4, 0.5) is 26.3 Å². The fraction of sp³-hybridized carbons (Fsp3) is 0.300. The molecule has 100 valence electrons. The predicted molar refractivity (Wildman–Crippen MR) is 51.1 cm³/mol. The molecule has 0 aliphatic heterocycles. The summed E-state index contributed by atoms with van der Waals surface area (Å²) in [7, 11) is 0. The molecule has 0 heterocycles. The van der Waals surface area contributed by atoms with Crippen LogP contribution in [0, 0.1) is 5.82 Å². The van der Waals surface area contributed by atoms with Gasteiger partial charge < -0.3 is 0 Å². The van der Waals surface area contributed by atoms with Gasteiger partial charge in [0.1, 0.15) is 5.82 Å². The van der Waals surface area contributed by atoms with Crippen LogP contribution in [0.2, 0.25) is 5.02 Å². The molecule has 0 aliphatic rings. The molecule has 8 heteroatoms. The predicted octanol–water partition coefficient (Wildman–Crippen LogP) is 3.79. The first-order chi connectivity index (χ1) is 8.05. The van der Waals surface area contributed by atoms with E-state index >= 15 is 0 Å². The van der Waals surface area contributed by atoms with Crippen LogP contribution in [0.1, 0.15) is 5.56 Å². The normalized spacial score (nSPS) is 12.6. The van der Waals surface area contributed by atoms with Gasteiger partial charge in [0.15, 0.2) is 0 Å². The summed E-state index contributed by atoms with van der Waals surface area (Å²) in [5.41, 5.74) is -0.425. The Bertz CT molecular complexity index is 468. The zero-order chi connectivity index (χ0) is 14.1. The lowest BCUT2D eigenvalue weighted by Crippen LogP contribution is -2.44. The minimum absolute atomic E-state index is 0.261. The van der Waals surface area contributed by atoms with Gasteiger partial charge >= 0.3 is 12.1 Å². The van der Waals surface area contributed by atoms with Crippen LogP contribution >= 0.6 is 11.6 Å². The van der Waals surface area contributed by atoms with Crippen molar-refractivity contribution in [1.29, 1.82) is 0 Å². The van der Waals surface area contributed by atoms with Crippen LogP contribution in [-0.2, 0) is 11.2 Å². The number of ketones is 1. The average Bonchev–Trinajstić information content (AvgIpc) is 2.21. The largest absolute Gasteiger partial charge is 0.461 e. The number of hydrogen-bond donors (Lipinski definition) is 0. The van der Waals surface area contributed by atoms with Gasteiger partial charge in [-0.3, -0.25) is 4.79 Å². The summed E-state index contributed by atoms with van der Waals surface area (Å²) in [5.74, 6) is -8.76. The second-order valence-electron chi connectivity index (χ2n) is 3.41. The van der Waals surface area contributed by atoms with E-state index in [2.05, 4.69) is 0 Å². The van der Waals surface area contributed by atoms with Crippen molar-refractivity contribution >= 4 is 17.4 Å². The number of halogens is 7. The highest BCUT2D eigenvalue weighted by Gasteiger charge is 2.62. The van der Waals surface area contributed by atoms with E-state index in [0.29, 0.717) is 6.07 Å². The van der Waals surface area contributed by atoms with Crippen molar-refractivity contribution in [2.24, 2.45) is 0 Å². The fourth-order valence-corrected chi connectivity index (χ4v) is 1.31. The highest BCUT2D eigenvalue weighted by molar-refractivity contribution is 6.31. The molecule has 0 N–H and O–H groups in total. The first kappa shape index (κ1) is 14.8. The van der Waals surface area contributed by atoms with Crippen molar-refractivity contribution in [1.82, 2.24) is 0 Å². The number of carbonyl (C=O) groups is 1. The van der Waals surface area contributed by atoms with Gasteiger partial charge in [-0.05, 0) is 23.8 Å². The van der Waals surface area contributed by atoms with Gasteiger partial charge in [-0.25, -0.2) is 4.39 Å². The number of carbonyl (C=O) groups excluding carboxylic acids is 1. The van der Waals surface area contributed by atoms with Crippen molar-refractivity contribution in [2.75, 3.05) is 0 Å². The van der Waals surface area contributed by atoms with Crippen LogP contribution in [-0.4, -0.2) is 17.9 Å². The molecule has 1 rings (SSSR count). The van der Waals surface area contributed by atoms with E-state index < -0.39 is 35.7 Å². The first-order valence-corrected chi connectivity index (χ1v) is 4.85. The second kappa shape index (κ2) is 4.79. The summed E-state index contributed by atoms with van der Waals surface area (Å²) in [5, 5.41) is -0.261. The molecule has 1 aromatic carbocycles. The van der Waals surface area contributed by atoms with Gasteiger partial charge in [0.2, 0.25) is 5.78 Å². The molecule has 1 nitrogen and oxygen atoms in total. The molecular weight excluding hydrogens is 286 g/mol. The topological polar surface area (TPSA) is 17.1 Å². The van der Waals surface area contributed by atoms with Crippen molar-refractivity contribution in [3.63, 3.8) is 0 Å². The third kappa shape index (κ3) is 2.95. The molecule has 0 bridgehead atoms. The van der Waals surface area contributed by atoms with E-state index in [4.69, 9.17) is 11.6 Å². The highest BCUT2D eigenvalue weighted by atomic mass is 35.5. The number of Topliss-reactive ketones (excluding diaryl/α,β-unsaturated/α-hetero) is 1. The van der Waals surface area contributed by atoms with Crippen molar-refractivity contribution in [3.05, 3.63) is 34.6 Å². The highest BCUT2D eigenvalue weighted by Crippen LogP contribution is 2.37. The van der Waals surface area contributed by atoms with Crippen LogP contribution < -0.4 is 0 Å². The molecule has 0 amide bonds. The maximum atomic E-state index is 12.7. The number of alkyl halides is 5. The van der Waals surface area contributed by atoms with Crippen LogP contribution in [0.25, 0.3) is 0 Å². The Morgan fingerprint density at radius 2 is 1.72 bits per heavy atom. The Hall–Kier alpha value is -1.24. The minimum atomic E-state index is -5.98. The summed E-state index contributed by atoms with van der Waals surface area (Å²) in [4.78, 5) is 10.9. The lowest BCUT2D eigenvalue weighted by Gasteiger charge is -2.18. The molecule has 0 spiro atoms. The van der Waals surface area contributed by atoms with Gasteiger partial charge in [0.25, 0.3) is 0 Å². The maximum Gasteiger partial charge on any atom is 0.461 e. The number of rotatable bonds is 3. The monoisotopic (exact) mass is 290 g/mol. The Morgan fingerprint density at radius 1 is 1.17 bits per heavy atom. The van der Waals surface area contributed by atoms with E-state index in [-0.39, 0.29) is 5.02 Å². The first-order valence-electron chi connectivity index (χ1n) is 4.47. The zero-order valence-electron chi connectivity index (χ0n) is 8.49. The maximum absolute atomic E-state index is 12.7. The Kier molecular flexibility index (Phi) is 3.95. The third-order valence-electron chi connectivity index (χ3n) is 2.06.